The maximum atomic E-state index is 12.6. The number of amides is 2. The third kappa shape index (κ3) is 7.62. The molecule has 2 atom stereocenters. The Labute approximate surface area is 204 Å². The number of carbonyl (C=O) groups is 2. The largest absolute Gasteiger partial charge is 0.506 e. The number of aromatic hydroxyl groups is 1. The molecule has 0 spiro atoms. The molecule has 0 heterocycles. The molecular weight excluding hydrogens is 604 g/mol. The zero-order valence-corrected chi connectivity index (χ0v) is 20.9. The number of hydrogen-bond donors (Lipinski definition) is 4. The summed E-state index contributed by atoms with van der Waals surface area (Å²) >= 11 is 9.92. The summed E-state index contributed by atoms with van der Waals surface area (Å²) in [5.41, 5.74) is 2.21. The lowest BCUT2D eigenvalue weighted by molar-refractivity contribution is -0.124. The lowest BCUT2D eigenvalue weighted by atomic mass is 10.0. The van der Waals surface area contributed by atoms with Gasteiger partial charge in [0.05, 0.1) is 4.47 Å². The highest BCUT2D eigenvalue weighted by Gasteiger charge is 2.30. The quantitative estimate of drug-likeness (QED) is 0.177. The van der Waals surface area contributed by atoms with Gasteiger partial charge >= 0.3 is 6.09 Å². The molecule has 0 fully saturated rings. The number of hydrogen-bond acceptors (Lipinski definition) is 6. The maximum Gasteiger partial charge on any atom is 0.412 e. The van der Waals surface area contributed by atoms with Crippen LogP contribution in [0.1, 0.15) is 18.6 Å². The fourth-order valence-corrected chi connectivity index (χ4v) is 4.08. The number of phenolic OH excluding ortho intramolecular Hbond substituents is 1. The van der Waals surface area contributed by atoms with Gasteiger partial charge in [0.1, 0.15) is 11.9 Å². The van der Waals surface area contributed by atoms with E-state index in [0.717, 1.165) is 10.5 Å². The minimum Gasteiger partial charge on any atom is -0.506 e. The number of anilines is 1. The van der Waals surface area contributed by atoms with E-state index in [1.54, 1.807) is 43.3 Å². The molecule has 0 saturated heterocycles. The molecule has 2 rings (SSSR count). The zero-order chi connectivity index (χ0) is 23.0. The second-order valence-corrected chi connectivity index (χ2v) is 8.72. The van der Waals surface area contributed by atoms with Crippen LogP contribution in [0, 0.1) is 0 Å². The Morgan fingerprint density at radius 1 is 1.13 bits per heavy atom. The molecular formula is C20H19Br3N2O6. The third-order valence-corrected chi connectivity index (χ3v) is 5.48. The standard InChI is InChI=1S/C20H19Br3N2O6/c1-2-30-16(7-8-17(26)25-29)19(14-9-12(22)10-15(23)18(14)27)31-20(28)24-13-5-3-11(21)4-6-13/h3-10,16,19,27,29H,2H2,1H3,(H,24,28)(H,25,26)/b8-7+/t16-,19-/m1/s1. The number of ether oxygens (including phenoxy) is 2. The molecule has 166 valence electrons. The van der Waals surface area contributed by atoms with Gasteiger partial charge in [-0.05, 0) is 65.3 Å². The van der Waals surface area contributed by atoms with Crippen molar-refractivity contribution in [2.24, 2.45) is 0 Å². The third-order valence-electron chi connectivity index (χ3n) is 3.89. The number of hydroxylamine groups is 1. The van der Waals surface area contributed by atoms with E-state index in [4.69, 9.17) is 14.7 Å². The lowest BCUT2D eigenvalue weighted by Crippen LogP contribution is -2.28. The Bertz CT molecular complexity index is 953. The van der Waals surface area contributed by atoms with Crippen molar-refractivity contribution in [2.75, 3.05) is 11.9 Å². The molecule has 11 heteroatoms. The van der Waals surface area contributed by atoms with Gasteiger partial charge in [-0.15, -0.1) is 0 Å². The second-order valence-electron chi connectivity index (χ2n) is 6.04. The molecule has 0 aliphatic heterocycles. The first-order valence-electron chi connectivity index (χ1n) is 8.90. The van der Waals surface area contributed by atoms with E-state index >= 15 is 0 Å². The maximum absolute atomic E-state index is 12.6. The van der Waals surface area contributed by atoms with Crippen LogP contribution >= 0.6 is 47.8 Å². The van der Waals surface area contributed by atoms with E-state index in [9.17, 15) is 14.7 Å². The van der Waals surface area contributed by atoms with Gasteiger partial charge in [-0.3, -0.25) is 15.3 Å². The van der Waals surface area contributed by atoms with Crippen LogP contribution in [0.4, 0.5) is 10.5 Å². The molecule has 4 N–H and O–H groups in total. The first-order chi connectivity index (χ1) is 14.7. The van der Waals surface area contributed by atoms with Gasteiger partial charge in [0.2, 0.25) is 0 Å². The van der Waals surface area contributed by atoms with Crippen molar-refractivity contribution in [2.45, 2.75) is 19.1 Å². The molecule has 8 nitrogen and oxygen atoms in total. The van der Waals surface area contributed by atoms with E-state index in [1.165, 1.54) is 11.6 Å². The first kappa shape index (κ1) is 25.3. The fourth-order valence-electron chi connectivity index (χ4n) is 2.56. The highest BCUT2D eigenvalue weighted by Crippen LogP contribution is 2.39. The van der Waals surface area contributed by atoms with Gasteiger partial charge in [0.15, 0.2) is 6.10 Å². The molecule has 0 radical (unpaired) electrons. The van der Waals surface area contributed by atoms with E-state index in [1.807, 2.05) is 0 Å². The Hall–Kier alpha value is -1.92. The summed E-state index contributed by atoms with van der Waals surface area (Å²) in [7, 11) is 0. The average molecular weight is 623 g/mol. The lowest BCUT2D eigenvalue weighted by Gasteiger charge is -2.26. The topological polar surface area (TPSA) is 117 Å². The SMILES string of the molecule is CCO[C@H](/C=C/C(=O)NO)[C@H](OC(=O)Nc1ccc(Br)cc1)c1cc(Br)cc(Br)c1O. The van der Waals surface area contributed by atoms with Crippen LogP contribution in [-0.4, -0.2) is 35.0 Å². The van der Waals surface area contributed by atoms with Gasteiger partial charge in [0.25, 0.3) is 5.91 Å². The van der Waals surface area contributed by atoms with Crippen LogP contribution < -0.4 is 10.8 Å². The Morgan fingerprint density at radius 3 is 2.42 bits per heavy atom. The summed E-state index contributed by atoms with van der Waals surface area (Å²) in [6, 6.07) is 10.1. The van der Waals surface area contributed by atoms with Gasteiger partial charge in [-0.1, -0.05) is 31.9 Å². The summed E-state index contributed by atoms with van der Waals surface area (Å²) in [6.45, 7) is 1.95. The van der Waals surface area contributed by atoms with Crippen molar-refractivity contribution >= 4 is 65.5 Å². The second kappa shape index (κ2) is 12.2. The van der Waals surface area contributed by atoms with Crippen molar-refractivity contribution in [3.8, 4) is 5.75 Å². The minimum atomic E-state index is -1.13. The van der Waals surface area contributed by atoms with Gasteiger partial charge in [-0.25, -0.2) is 10.3 Å². The normalized spacial score (nSPS) is 12.9. The molecule has 0 unspecified atom stereocenters. The average Bonchev–Trinajstić information content (AvgIpc) is 2.73. The van der Waals surface area contributed by atoms with Crippen molar-refractivity contribution in [3.05, 3.63) is 67.5 Å². The molecule has 2 aromatic carbocycles. The van der Waals surface area contributed by atoms with E-state index in [-0.39, 0.29) is 17.9 Å². The molecule has 0 saturated carbocycles. The minimum absolute atomic E-state index is 0.158. The molecule has 2 aromatic rings. The summed E-state index contributed by atoms with van der Waals surface area (Å²) < 4.78 is 13.1. The van der Waals surface area contributed by atoms with Gasteiger partial charge < -0.3 is 14.6 Å². The van der Waals surface area contributed by atoms with Crippen LogP contribution in [0.2, 0.25) is 0 Å². The number of nitrogens with one attached hydrogen (secondary N) is 2. The van der Waals surface area contributed by atoms with Crippen LogP contribution in [0.15, 0.2) is 62.0 Å². The van der Waals surface area contributed by atoms with Crippen LogP contribution in [-0.2, 0) is 14.3 Å². The van der Waals surface area contributed by atoms with Gasteiger partial charge in [-0.2, -0.15) is 0 Å². The smallest absolute Gasteiger partial charge is 0.412 e. The molecule has 0 aliphatic carbocycles. The first-order valence-corrected chi connectivity index (χ1v) is 11.3. The predicted molar refractivity (Wildman–Crippen MR) is 125 cm³/mol. The van der Waals surface area contributed by atoms with E-state index in [0.29, 0.717) is 14.6 Å². The monoisotopic (exact) mass is 620 g/mol. The number of halogens is 3. The number of phenols is 1. The Morgan fingerprint density at radius 2 is 1.81 bits per heavy atom. The Balaban J connectivity index is 2.40. The van der Waals surface area contributed by atoms with Gasteiger partial charge in [0, 0.05) is 32.9 Å². The summed E-state index contributed by atoms with van der Waals surface area (Å²) in [4.78, 5) is 24.1. The number of benzene rings is 2. The number of carbonyl (C=O) groups excluding carboxylic acids is 2. The summed E-state index contributed by atoms with van der Waals surface area (Å²) in [5.74, 6) is -0.947. The van der Waals surface area contributed by atoms with Crippen molar-refractivity contribution in [1.82, 2.24) is 5.48 Å². The molecule has 0 bridgehead atoms. The Kier molecular flexibility index (Phi) is 9.97. The number of rotatable bonds is 8. The molecule has 2 amide bonds. The zero-order valence-electron chi connectivity index (χ0n) is 16.1. The summed E-state index contributed by atoms with van der Waals surface area (Å²) in [5, 5.41) is 21.9. The van der Waals surface area contributed by atoms with Crippen LogP contribution in [0.3, 0.4) is 0 Å². The van der Waals surface area contributed by atoms with Crippen molar-refractivity contribution in [3.63, 3.8) is 0 Å². The molecule has 0 aromatic heterocycles. The summed E-state index contributed by atoms with van der Waals surface area (Å²) in [6.07, 6.45) is -0.529. The van der Waals surface area contributed by atoms with Crippen molar-refractivity contribution in [1.29, 1.82) is 0 Å². The molecule has 31 heavy (non-hydrogen) atoms. The highest BCUT2D eigenvalue weighted by molar-refractivity contribution is 9.11. The highest BCUT2D eigenvalue weighted by atomic mass is 79.9. The fraction of sp³-hybridized carbons (Fsp3) is 0.200. The predicted octanol–water partition coefficient (Wildman–Crippen LogP) is 5.44. The van der Waals surface area contributed by atoms with Crippen LogP contribution in [0.5, 0.6) is 5.75 Å². The molecule has 0 aliphatic rings. The van der Waals surface area contributed by atoms with E-state index in [2.05, 4.69) is 53.1 Å². The van der Waals surface area contributed by atoms with Crippen molar-refractivity contribution < 1.29 is 29.4 Å². The van der Waals surface area contributed by atoms with Crippen LogP contribution in [0.25, 0.3) is 0 Å². The van der Waals surface area contributed by atoms with E-state index < -0.39 is 24.2 Å².